The number of hydrogen-bond donors (Lipinski definition) is 1. The molecule has 0 spiro atoms. The number of hydrogen-bond acceptors (Lipinski definition) is 4. The lowest BCUT2D eigenvalue weighted by Gasteiger charge is -2.04. The molecule has 0 aliphatic rings. The zero-order valence-corrected chi connectivity index (χ0v) is 12.7. The number of furan rings is 1. The van der Waals surface area contributed by atoms with Crippen LogP contribution in [-0.2, 0) is 6.42 Å². The molecular formula is C19H14N2O3. The molecular weight excluding hydrogens is 304 g/mol. The molecule has 118 valence electrons. The van der Waals surface area contributed by atoms with Gasteiger partial charge >= 0.3 is 0 Å². The van der Waals surface area contributed by atoms with Crippen LogP contribution in [-0.4, -0.2) is 10.9 Å². The van der Waals surface area contributed by atoms with Crippen molar-refractivity contribution in [3.8, 4) is 0 Å². The van der Waals surface area contributed by atoms with Crippen molar-refractivity contribution in [3.05, 3.63) is 84.1 Å². The fourth-order valence-corrected chi connectivity index (χ4v) is 2.48. The Kier molecular flexibility index (Phi) is 3.59. The quantitative estimate of drug-likeness (QED) is 0.610. The van der Waals surface area contributed by atoms with E-state index in [0.717, 1.165) is 16.7 Å². The summed E-state index contributed by atoms with van der Waals surface area (Å²) in [4.78, 5) is 16.4. The summed E-state index contributed by atoms with van der Waals surface area (Å²) in [6, 6.07) is 18.6. The molecule has 4 aromatic rings. The summed E-state index contributed by atoms with van der Waals surface area (Å²) in [5.74, 6) is 0.681. The van der Waals surface area contributed by atoms with Crippen LogP contribution in [0, 0.1) is 0 Å². The number of oxazole rings is 1. The predicted molar refractivity (Wildman–Crippen MR) is 89.9 cm³/mol. The molecule has 2 heterocycles. The van der Waals surface area contributed by atoms with Gasteiger partial charge in [0, 0.05) is 12.1 Å². The summed E-state index contributed by atoms with van der Waals surface area (Å²) in [6.07, 6.45) is 2.07. The molecule has 0 saturated heterocycles. The largest absolute Gasteiger partial charge is 0.459 e. The monoisotopic (exact) mass is 318 g/mol. The van der Waals surface area contributed by atoms with Crippen LogP contribution in [0.2, 0.25) is 0 Å². The van der Waals surface area contributed by atoms with Gasteiger partial charge in [-0.1, -0.05) is 24.3 Å². The summed E-state index contributed by atoms with van der Waals surface area (Å²) in [6.45, 7) is 0. The molecule has 1 amide bonds. The fourth-order valence-electron chi connectivity index (χ4n) is 2.48. The molecule has 0 aliphatic carbocycles. The van der Waals surface area contributed by atoms with Gasteiger partial charge in [-0.15, -0.1) is 0 Å². The lowest BCUT2D eigenvalue weighted by atomic mass is 10.1. The van der Waals surface area contributed by atoms with E-state index in [9.17, 15) is 4.79 Å². The van der Waals surface area contributed by atoms with Gasteiger partial charge in [-0.25, -0.2) is 4.98 Å². The lowest BCUT2D eigenvalue weighted by molar-refractivity contribution is 0.0996. The Bertz CT molecular complexity index is 936. The Labute approximate surface area is 137 Å². The highest BCUT2D eigenvalue weighted by Gasteiger charge is 2.09. The zero-order chi connectivity index (χ0) is 16.4. The second-order valence-electron chi connectivity index (χ2n) is 5.38. The molecule has 0 saturated carbocycles. The second-order valence-corrected chi connectivity index (χ2v) is 5.38. The van der Waals surface area contributed by atoms with Crippen LogP contribution in [0.25, 0.3) is 11.1 Å². The summed E-state index contributed by atoms with van der Waals surface area (Å²) < 4.78 is 10.8. The normalized spacial score (nSPS) is 10.8. The molecule has 0 radical (unpaired) electrons. The van der Waals surface area contributed by atoms with Crippen molar-refractivity contribution in [2.75, 3.05) is 5.32 Å². The molecule has 0 bridgehead atoms. The third-order valence-electron chi connectivity index (χ3n) is 3.65. The van der Waals surface area contributed by atoms with E-state index in [0.29, 0.717) is 18.0 Å². The molecule has 0 aliphatic heterocycles. The van der Waals surface area contributed by atoms with Gasteiger partial charge in [0.15, 0.2) is 17.2 Å². The maximum Gasteiger partial charge on any atom is 0.291 e. The Morgan fingerprint density at radius 2 is 1.83 bits per heavy atom. The maximum absolute atomic E-state index is 11.9. The first-order valence-electron chi connectivity index (χ1n) is 7.56. The Balaban J connectivity index is 1.46. The van der Waals surface area contributed by atoms with Gasteiger partial charge in [-0.05, 0) is 42.0 Å². The minimum atomic E-state index is -0.272. The first-order valence-corrected chi connectivity index (χ1v) is 7.56. The van der Waals surface area contributed by atoms with Crippen molar-refractivity contribution in [2.45, 2.75) is 6.42 Å². The predicted octanol–water partition coefficient (Wildman–Crippen LogP) is 4.26. The van der Waals surface area contributed by atoms with Gasteiger partial charge in [0.25, 0.3) is 5.91 Å². The third kappa shape index (κ3) is 2.92. The van der Waals surface area contributed by atoms with Crippen LogP contribution in [0.3, 0.4) is 0 Å². The molecule has 2 aromatic carbocycles. The highest BCUT2D eigenvalue weighted by atomic mass is 16.3. The number of aromatic nitrogens is 1. The van der Waals surface area contributed by atoms with Gasteiger partial charge in [0.2, 0.25) is 0 Å². The number of rotatable bonds is 4. The molecule has 5 nitrogen and oxygen atoms in total. The lowest BCUT2D eigenvalue weighted by Crippen LogP contribution is -2.10. The number of nitrogens with zero attached hydrogens (tertiary/aromatic N) is 1. The average molecular weight is 318 g/mol. The van der Waals surface area contributed by atoms with Gasteiger partial charge < -0.3 is 14.2 Å². The van der Waals surface area contributed by atoms with Crippen molar-refractivity contribution in [1.29, 1.82) is 0 Å². The van der Waals surface area contributed by atoms with E-state index in [1.165, 1.54) is 6.26 Å². The van der Waals surface area contributed by atoms with E-state index in [1.807, 2.05) is 48.5 Å². The molecule has 0 fully saturated rings. The van der Waals surface area contributed by atoms with Crippen LogP contribution in [0.1, 0.15) is 22.0 Å². The summed E-state index contributed by atoms with van der Waals surface area (Å²) in [5.41, 5.74) is 3.40. The van der Waals surface area contributed by atoms with Crippen molar-refractivity contribution in [1.82, 2.24) is 4.98 Å². The first kappa shape index (κ1) is 14.3. The van der Waals surface area contributed by atoms with Gasteiger partial charge in [-0.2, -0.15) is 0 Å². The SMILES string of the molecule is O=C(Nc1ccc(Cc2nc3ccccc3o2)cc1)c1ccco1. The van der Waals surface area contributed by atoms with Gasteiger partial charge in [0.05, 0.1) is 6.26 Å². The number of carbonyl (C=O) groups is 1. The minimum absolute atomic E-state index is 0.272. The van der Waals surface area contributed by atoms with E-state index in [1.54, 1.807) is 12.1 Å². The number of anilines is 1. The summed E-state index contributed by atoms with van der Waals surface area (Å²) in [5, 5.41) is 2.79. The average Bonchev–Trinajstić information content (AvgIpc) is 3.25. The minimum Gasteiger partial charge on any atom is -0.459 e. The van der Waals surface area contributed by atoms with Crippen LogP contribution in [0.5, 0.6) is 0 Å². The first-order chi connectivity index (χ1) is 11.8. The number of fused-ring (bicyclic) bond motifs is 1. The smallest absolute Gasteiger partial charge is 0.291 e. The van der Waals surface area contributed by atoms with Gasteiger partial charge in [-0.3, -0.25) is 4.79 Å². The molecule has 0 unspecified atom stereocenters. The Hall–Kier alpha value is -3.34. The highest BCUT2D eigenvalue weighted by Crippen LogP contribution is 2.18. The van der Waals surface area contributed by atoms with Crippen molar-refractivity contribution < 1.29 is 13.6 Å². The molecule has 1 N–H and O–H groups in total. The van der Waals surface area contributed by atoms with E-state index >= 15 is 0 Å². The molecule has 5 heteroatoms. The third-order valence-corrected chi connectivity index (χ3v) is 3.65. The molecule has 2 aromatic heterocycles. The standard InChI is InChI=1S/C19H14N2O3/c22-19(17-6-3-11-23-17)20-14-9-7-13(8-10-14)12-18-21-15-4-1-2-5-16(15)24-18/h1-11H,12H2,(H,20,22). The van der Waals surface area contributed by atoms with E-state index in [2.05, 4.69) is 10.3 Å². The number of amides is 1. The Morgan fingerprint density at radius 1 is 1.00 bits per heavy atom. The number of para-hydroxylation sites is 2. The number of nitrogens with one attached hydrogen (secondary N) is 1. The van der Waals surface area contributed by atoms with E-state index in [4.69, 9.17) is 8.83 Å². The van der Waals surface area contributed by atoms with Crippen LogP contribution in [0.15, 0.2) is 75.8 Å². The second kappa shape index (κ2) is 6.04. The number of benzene rings is 2. The summed E-state index contributed by atoms with van der Waals surface area (Å²) >= 11 is 0. The van der Waals surface area contributed by atoms with Gasteiger partial charge in [0.1, 0.15) is 5.52 Å². The summed E-state index contributed by atoms with van der Waals surface area (Å²) in [7, 11) is 0. The van der Waals surface area contributed by atoms with Crippen molar-refractivity contribution in [3.63, 3.8) is 0 Å². The van der Waals surface area contributed by atoms with E-state index < -0.39 is 0 Å². The van der Waals surface area contributed by atoms with Crippen LogP contribution < -0.4 is 5.32 Å². The van der Waals surface area contributed by atoms with Crippen molar-refractivity contribution >= 4 is 22.7 Å². The maximum atomic E-state index is 11.9. The molecule has 24 heavy (non-hydrogen) atoms. The Morgan fingerprint density at radius 3 is 2.58 bits per heavy atom. The zero-order valence-electron chi connectivity index (χ0n) is 12.7. The van der Waals surface area contributed by atoms with Crippen LogP contribution >= 0.6 is 0 Å². The van der Waals surface area contributed by atoms with Crippen molar-refractivity contribution in [2.24, 2.45) is 0 Å². The highest BCUT2D eigenvalue weighted by molar-refractivity contribution is 6.02. The molecule has 0 atom stereocenters. The van der Waals surface area contributed by atoms with Crippen LogP contribution in [0.4, 0.5) is 5.69 Å². The van der Waals surface area contributed by atoms with E-state index in [-0.39, 0.29) is 11.7 Å². The molecule has 4 rings (SSSR count). The topological polar surface area (TPSA) is 68.3 Å². The fraction of sp³-hybridized carbons (Fsp3) is 0.0526. The number of carbonyl (C=O) groups excluding carboxylic acids is 1.